The highest BCUT2D eigenvalue weighted by Crippen LogP contribution is 2.60. The summed E-state index contributed by atoms with van der Waals surface area (Å²) in [7, 11) is 1.57. The van der Waals surface area contributed by atoms with Crippen LogP contribution in [0.1, 0.15) is 56.6 Å². The number of urea groups is 1. The molecule has 4 amide bonds. The summed E-state index contributed by atoms with van der Waals surface area (Å²) in [6, 6.07) is 14.6. The maximum atomic E-state index is 13.2. The van der Waals surface area contributed by atoms with Crippen molar-refractivity contribution in [1.29, 1.82) is 0 Å². The molecule has 188 valence electrons. The minimum Gasteiger partial charge on any atom is -0.497 e. The van der Waals surface area contributed by atoms with E-state index >= 15 is 0 Å². The van der Waals surface area contributed by atoms with E-state index in [2.05, 4.69) is 22.8 Å². The number of nitrogens with one attached hydrogen (secondary N) is 2. The van der Waals surface area contributed by atoms with Crippen molar-refractivity contribution in [2.24, 2.45) is 17.8 Å². The van der Waals surface area contributed by atoms with Gasteiger partial charge in [0.1, 0.15) is 17.8 Å². The van der Waals surface area contributed by atoms with Crippen LogP contribution >= 0.6 is 0 Å². The molecule has 4 saturated carbocycles. The van der Waals surface area contributed by atoms with Crippen LogP contribution in [0.3, 0.4) is 0 Å². The smallest absolute Gasteiger partial charge is 0.325 e. The first-order valence-corrected chi connectivity index (χ1v) is 13.0. The van der Waals surface area contributed by atoms with Crippen LogP contribution in [0.2, 0.25) is 0 Å². The van der Waals surface area contributed by atoms with Crippen molar-refractivity contribution in [3.05, 3.63) is 59.7 Å². The average Bonchev–Trinajstić information content (AvgIpc) is 3.07. The van der Waals surface area contributed by atoms with Gasteiger partial charge < -0.3 is 15.4 Å². The Kier molecular flexibility index (Phi) is 5.36. The lowest BCUT2D eigenvalue weighted by Gasteiger charge is -2.57. The minimum atomic E-state index is -1.23. The van der Waals surface area contributed by atoms with E-state index in [1.54, 1.807) is 38.3 Å². The van der Waals surface area contributed by atoms with E-state index in [1.165, 1.54) is 44.1 Å². The Labute approximate surface area is 211 Å². The largest absolute Gasteiger partial charge is 0.497 e. The molecule has 0 radical (unpaired) electrons. The van der Waals surface area contributed by atoms with Crippen molar-refractivity contribution in [3.8, 4) is 5.75 Å². The van der Waals surface area contributed by atoms with Crippen LogP contribution in [0.5, 0.6) is 5.75 Å². The molecule has 1 heterocycles. The Balaban J connectivity index is 1.11. The second-order valence-corrected chi connectivity index (χ2v) is 11.5. The molecule has 1 aliphatic heterocycles. The molecule has 1 unspecified atom stereocenters. The monoisotopic (exact) mass is 487 g/mol. The molecule has 5 fully saturated rings. The van der Waals surface area contributed by atoms with E-state index in [-0.39, 0.29) is 6.54 Å². The van der Waals surface area contributed by atoms with Crippen LogP contribution in [0.4, 0.5) is 10.5 Å². The lowest BCUT2D eigenvalue weighted by atomic mass is 9.48. The molecular formula is C29H33N3O4. The molecule has 1 saturated heterocycles. The molecule has 7 nitrogen and oxygen atoms in total. The number of imide groups is 1. The number of hydrogen-bond acceptors (Lipinski definition) is 4. The third kappa shape index (κ3) is 3.76. The van der Waals surface area contributed by atoms with Gasteiger partial charge in [0.05, 0.1) is 7.11 Å². The summed E-state index contributed by atoms with van der Waals surface area (Å²) in [6.07, 6.45) is 8.12. The number of hydrogen-bond donors (Lipinski definition) is 2. The maximum Gasteiger partial charge on any atom is 0.325 e. The molecule has 4 bridgehead atoms. The van der Waals surface area contributed by atoms with Gasteiger partial charge in [0, 0.05) is 5.69 Å². The predicted molar refractivity (Wildman–Crippen MR) is 136 cm³/mol. The molecule has 1 atom stereocenters. The fraction of sp³-hybridized carbons (Fsp3) is 0.483. The van der Waals surface area contributed by atoms with Crippen molar-refractivity contribution in [1.82, 2.24) is 10.2 Å². The van der Waals surface area contributed by atoms with Crippen molar-refractivity contribution in [3.63, 3.8) is 0 Å². The molecule has 0 aromatic heterocycles. The maximum absolute atomic E-state index is 13.2. The molecule has 4 aliphatic carbocycles. The molecule has 7 heteroatoms. The van der Waals surface area contributed by atoms with Gasteiger partial charge in [-0.3, -0.25) is 14.5 Å². The molecule has 2 N–H and O–H groups in total. The number of carbonyl (C=O) groups excluding carboxylic acids is 3. The standard InChI is InChI=1S/C29H33N3O4/c1-28(21-5-9-24(36-2)10-6-21)26(34)32(27(35)31-28)17-25(33)30-23-7-3-22(4-8-23)29-14-18-11-19(15-29)13-20(12-18)16-29/h3-10,18-20H,11-17H2,1-2H3,(H,30,33)(H,31,35). The van der Waals surface area contributed by atoms with Crippen molar-refractivity contribution in [2.75, 3.05) is 19.0 Å². The summed E-state index contributed by atoms with van der Waals surface area (Å²) >= 11 is 0. The van der Waals surface area contributed by atoms with E-state index < -0.39 is 23.4 Å². The van der Waals surface area contributed by atoms with E-state index in [9.17, 15) is 14.4 Å². The van der Waals surface area contributed by atoms with Crippen molar-refractivity contribution >= 4 is 23.5 Å². The molecular weight excluding hydrogens is 454 g/mol. The zero-order chi connectivity index (χ0) is 25.1. The third-order valence-electron chi connectivity index (χ3n) is 9.06. The Morgan fingerprint density at radius 3 is 2.06 bits per heavy atom. The zero-order valence-corrected chi connectivity index (χ0v) is 20.9. The molecule has 36 heavy (non-hydrogen) atoms. The normalized spacial score (nSPS) is 32.5. The van der Waals surface area contributed by atoms with Gasteiger partial charge >= 0.3 is 6.03 Å². The van der Waals surface area contributed by atoms with Gasteiger partial charge in [0.2, 0.25) is 5.91 Å². The van der Waals surface area contributed by atoms with Crippen LogP contribution < -0.4 is 15.4 Å². The third-order valence-corrected chi connectivity index (χ3v) is 9.06. The quantitative estimate of drug-likeness (QED) is 0.585. The van der Waals surface area contributed by atoms with Crippen molar-refractivity contribution in [2.45, 2.75) is 56.4 Å². The van der Waals surface area contributed by atoms with Gasteiger partial charge in [0.15, 0.2) is 0 Å². The first-order chi connectivity index (χ1) is 17.3. The summed E-state index contributed by atoms with van der Waals surface area (Å²) in [5.41, 5.74) is 1.78. The summed E-state index contributed by atoms with van der Waals surface area (Å²) in [4.78, 5) is 39.6. The molecule has 5 aliphatic rings. The fourth-order valence-corrected chi connectivity index (χ4v) is 7.68. The number of methoxy groups -OCH3 is 1. The van der Waals surface area contributed by atoms with Crippen LogP contribution in [0.15, 0.2) is 48.5 Å². The summed E-state index contributed by atoms with van der Waals surface area (Å²) in [5.74, 6) is 2.43. The molecule has 2 aromatic carbocycles. The predicted octanol–water partition coefficient (Wildman–Crippen LogP) is 4.57. The van der Waals surface area contributed by atoms with Gasteiger partial charge in [-0.05, 0) is 104 Å². The summed E-state index contributed by atoms with van der Waals surface area (Å²) in [6.45, 7) is 1.31. The van der Waals surface area contributed by atoms with Gasteiger partial charge in [-0.15, -0.1) is 0 Å². The Morgan fingerprint density at radius 2 is 1.50 bits per heavy atom. The lowest BCUT2D eigenvalue weighted by Crippen LogP contribution is -2.48. The summed E-state index contributed by atoms with van der Waals surface area (Å²) in [5, 5.41) is 5.60. The number of nitrogens with zero attached hydrogens (tertiary/aromatic N) is 1. The lowest BCUT2D eigenvalue weighted by molar-refractivity contribution is -0.133. The van der Waals surface area contributed by atoms with E-state index in [0.717, 1.165) is 22.7 Å². The highest BCUT2D eigenvalue weighted by molar-refractivity contribution is 6.10. The number of carbonyl (C=O) groups is 3. The molecule has 2 aromatic rings. The Morgan fingerprint density at radius 1 is 0.944 bits per heavy atom. The van der Waals surface area contributed by atoms with Gasteiger partial charge in [-0.25, -0.2) is 4.79 Å². The van der Waals surface area contributed by atoms with E-state index in [1.807, 2.05) is 12.1 Å². The Bertz CT molecular complexity index is 1170. The van der Waals surface area contributed by atoms with Crippen molar-refractivity contribution < 1.29 is 19.1 Å². The fourth-order valence-electron chi connectivity index (χ4n) is 7.68. The van der Waals surface area contributed by atoms with Gasteiger partial charge in [0.25, 0.3) is 5.91 Å². The van der Waals surface area contributed by atoms with Gasteiger partial charge in [-0.1, -0.05) is 24.3 Å². The SMILES string of the molecule is COc1ccc(C2(C)NC(=O)N(CC(=O)Nc3ccc(C45CC6CC(CC(C6)C4)C5)cc3)C2=O)cc1. The van der Waals surface area contributed by atoms with Crippen LogP contribution in [-0.4, -0.2) is 36.4 Å². The number of amides is 4. The highest BCUT2D eigenvalue weighted by Gasteiger charge is 2.52. The number of ether oxygens (including phenoxy) is 1. The molecule has 0 spiro atoms. The first kappa shape index (κ1) is 23.1. The topological polar surface area (TPSA) is 87.7 Å². The minimum absolute atomic E-state index is 0.309. The van der Waals surface area contributed by atoms with E-state index in [4.69, 9.17) is 4.74 Å². The number of benzene rings is 2. The second-order valence-electron chi connectivity index (χ2n) is 11.5. The van der Waals surface area contributed by atoms with Crippen LogP contribution in [-0.2, 0) is 20.5 Å². The number of rotatable bonds is 6. The highest BCUT2D eigenvalue weighted by atomic mass is 16.5. The summed E-state index contributed by atoms with van der Waals surface area (Å²) < 4.78 is 5.18. The van der Waals surface area contributed by atoms with E-state index in [0.29, 0.717) is 22.4 Å². The van der Waals surface area contributed by atoms with Crippen LogP contribution in [0.25, 0.3) is 0 Å². The first-order valence-electron chi connectivity index (χ1n) is 13.0. The second kappa shape index (κ2) is 8.36. The van der Waals surface area contributed by atoms with Gasteiger partial charge in [-0.2, -0.15) is 0 Å². The Hall–Kier alpha value is -3.35. The molecule has 7 rings (SSSR count). The zero-order valence-electron chi connectivity index (χ0n) is 20.9. The average molecular weight is 488 g/mol. The van der Waals surface area contributed by atoms with Crippen LogP contribution in [0, 0.1) is 17.8 Å². The number of anilines is 1.